The smallest absolute Gasteiger partial charge is 0.315 e. The van der Waals surface area contributed by atoms with Crippen LogP contribution in [0.15, 0.2) is 11.4 Å². The van der Waals surface area contributed by atoms with Crippen LogP contribution in [0.3, 0.4) is 0 Å². The molecule has 2 amide bonds. The molecule has 1 saturated carbocycles. The van der Waals surface area contributed by atoms with Gasteiger partial charge in [0.25, 0.3) is 0 Å². The van der Waals surface area contributed by atoms with Gasteiger partial charge in [0.1, 0.15) is 0 Å². The monoisotopic (exact) mass is 284 g/mol. The van der Waals surface area contributed by atoms with Gasteiger partial charge in [-0.15, -0.1) is 11.3 Å². The molecule has 0 aromatic carbocycles. The average molecular weight is 284 g/mol. The number of rotatable bonds is 4. The molecule has 5 heteroatoms. The lowest BCUT2D eigenvalue weighted by molar-refractivity contribution is 0.237. The van der Waals surface area contributed by atoms with Gasteiger partial charge in [-0.3, -0.25) is 0 Å². The molecule has 0 saturated heterocycles. The second-order valence-corrected chi connectivity index (χ2v) is 6.86. The quantitative estimate of drug-likeness (QED) is 0.892. The summed E-state index contributed by atoms with van der Waals surface area (Å²) in [6.45, 7) is 2.71. The van der Waals surface area contributed by atoms with E-state index in [-0.39, 0.29) is 6.03 Å². The van der Waals surface area contributed by atoms with E-state index in [1.807, 2.05) is 11.8 Å². The summed E-state index contributed by atoms with van der Waals surface area (Å²) in [6, 6.07) is 2.40. The normalized spacial score (nSPS) is 23.0. The first-order chi connectivity index (χ1) is 8.69. The number of thiophene rings is 1. The second-order valence-electron chi connectivity index (χ2n) is 4.72. The predicted octanol–water partition coefficient (Wildman–Crippen LogP) is 3.14. The molecule has 1 aromatic rings. The van der Waals surface area contributed by atoms with Crippen molar-refractivity contribution in [2.75, 3.05) is 6.26 Å². The Morgan fingerprint density at radius 3 is 3.00 bits per heavy atom. The van der Waals surface area contributed by atoms with Crippen molar-refractivity contribution in [1.82, 2.24) is 10.6 Å². The van der Waals surface area contributed by atoms with Crippen molar-refractivity contribution in [2.45, 2.75) is 44.0 Å². The minimum atomic E-state index is -0.0328. The second kappa shape index (κ2) is 6.48. The molecular formula is C13H20N2OS2. The Morgan fingerprint density at radius 2 is 2.39 bits per heavy atom. The third-order valence-corrected chi connectivity index (χ3v) is 5.55. The SMILES string of the molecule is CS[C@@H]1CC[C@H](NC(=O)NCc2sccc2C)C1. The molecule has 2 N–H and O–H groups in total. The molecule has 1 aliphatic rings. The zero-order valence-corrected chi connectivity index (χ0v) is 12.5. The Morgan fingerprint density at radius 1 is 1.56 bits per heavy atom. The molecule has 1 heterocycles. The highest BCUT2D eigenvalue weighted by molar-refractivity contribution is 7.99. The van der Waals surface area contributed by atoms with Crippen molar-refractivity contribution in [3.8, 4) is 0 Å². The van der Waals surface area contributed by atoms with Crippen molar-refractivity contribution in [3.63, 3.8) is 0 Å². The summed E-state index contributed by atoms with van der Waals surface area (Å²) in [5.74, 6) is 0. The van der Waals surface area contributed by atoms with Gasteiger partial charge in [0.15, 0.2) is 0 Å². The van der Waals surface area contributed by atoms with E-state index in [0.29, 0.717) is 12.6 Å². The van der Waals surface area contributed by atoms with E-state index < -0.39 is 0 Å². The number of amides is 2. The maximum atomic E-state index is 11.8. The zero-order valence-electron chi connectivity index (χ0n) is 10.9. The van der Waals surface area contributed by atoms with Crippen LogP contribution in [0.25, 0.3) is 0 Å². The van der Waals surface area contributed by atoms with Crippen molar-refractivity contribution in [3.05, 3.63) is 21.9 Å². The highest BCUT2D eigenvalue weighted by Crippen LogP contribution is 2.28. The number of hydrogen-bond acceptors (Lipinski definition) is 3. The molecule has 0 radical (unpaired) electrons. The minimum Gasteiger partial charge on any atom is -0.335 e. The fourth-order valence-electron chi connectivity index (χ4n) is 2.27. The summed E-state index contributed by atoms with van der Waals surface area (Å²) >= 11 is 3.60. The van der Waals surface area contributed by atoms with Gasteiger partial charge in [-0.1, -0.05) is 0 Å². The molecule has 3 nitrogen and oxygen atoms in total. The third kappa shape index (κ3) is 3.65. The lowest BCUT2D eigenvalue weighted by Gasteiger charge is -2.13. The van der Waals surface area contributed by atoms with Crippen LogP contribution >= 0.6 is 23.1 Å². The Hall–Kier alpha value is -0.680. The lowest BCUT2D eigenvalue weighted by Crippen LogP contribution is -2.40. The minimum absolute atomic E-state index is 0.0328. The fourth-order valence-corrected chi connectivity index (χ4v) is 3.91. The third-order valence-electron chi connectivity index (χ3n) is 3.43. The summed E-state index contributed by atoms with van der Waals surface area (Å²) in [5, 5.41) is 8.78. The standard InChI is InChI=1S/C13H20N2OS2/c1-9-5-6-18-12(9)8-14-13(16)15-10-3-4-11(7-10)17-2/h5-6,10-11H,3-4,7-8H2,1-2H3,(H2,14,15,16)/t10-,11+/m0/s1. The molecule has 0 spiro atoms. The van der Waals surface area contributed by atoms with E-state index >= 15 is 0 Å². The highest BCUT2D eigenvalue weighted by atomic mass is 32.2. The average Bonchev–Trinajstić information content (AvgIpc) is 2.96. The van der Waals surface area contributed by atoms with Crippen LogP contribution in [0, 0.1) is 6.92 Å². The first kappa shape index (κ1) is 13.7. The summed E-state index contributed by atoms with van der Waals surface area (Å²) < 4.78 is 0. The van der Waals surface area contributed by atoms with E-state index in [1.54, 1.807) is 11.3 Å². The van der Waals surface area contributed by atoms with Gasteiger partial charge in [-0.05, 0) is 49.5 Å². The van der Waals surface area contributed by atoms with E-state index in [9.17, 15) is 4.79 Å². The number of nitrogens with one attached hydrogen (secondary N) is 2. The van der Waals surface area contributed by atoms with Gasteiger partial charge < -0.3 is 10.6 Å². The topological polar surface area (TPSA) is 41.1 Å². The van der Waals surface area contributed by atoms with Crippen LogP contribution in [-0.2, 0) is 6.54 Å². The number of carbonyl (C=O) groups is 1. The van der Waals surface area contributed by atoms with Crippen LogP contribution in [0.1, 0.15) is 29.7 Å². The van der Waals surface area contributed by atoms with Crippen LogP contribution < -0.4 is 10.6 Å². The van der Waals surface area contributed by atoms with Crippen molar-refractivity contribution in [2.24, 2.45) is 0 Å². The van der Waals surface area contributed by atoms with Crippen molar-refractivity contribution < 1.29 is 4.79 Å². The lowest BCUT2D eigenvalue weighted by atomic mass is 10.2. The molecular weight excluding hydrogens is 264 g/mol. The van der Waals surface area contributed by atoms with E-state index in [0.717, 1.165) is 18.1 Å². The molecule has 1 fully saturated rings. The van der Waals surface area contributed by atoms with E-state index in [2.05, 4.69) is 35.3 Å². The maximum absolute atomic E-state index is 11.8. The van der Waals surface area contributed by atoms with Gasteiger partial charge >= 0.3 is 6.03 Å². The van der Waals surface area contributed by atoms with Crippen LogP contribution in [0.4, 0.5) is 4.79 Å². The summed E-state index contributed by atoms with van der Waals surface area (Å²) in [5.41, 5.74) is 1.25. The first-order valence-electron chi connectivity index (χ1n) is 6.29. The molecule has 18 heavy (non-hydrogen) atoms. The first-order valence-corrected chi connectivity index (χ1v) is 8.46. The Bertz CT molecular complexity index is 405. The van der Waals surface area contributed by atoms with Crippen molar-refractivity contribution in [1.29, 1.82) is 0 Å². The highest BCUT2D eigenvalue weighted by Gasteiger charge is 2.24. The van der Waals surface area contributed by atoms with Gasteiger partial charge in [0.05, 0.1) is 6.54 Å². The predicted molar refractivity (Wildman–Crippen MR) is 79.4 cm³/mol. The fraction of sp³-hybridized carbons (Fsp3) is 0.615. The molecule has 1 aliphatic carbocycles. The molecule has 1 aromatic heterocycles. The zero-order chi connectivity index (χ0) is 13.0. The van der Waals surface area contributed by atoms with Gasteiger partial charge in [-0.2, -0.15) is 11.8 Å². The largest absolute Gasteiger partial charge is 0.335 e. The van der Waals surface area contributed by atoms with Gasteiger partial charge in [0, 0.05) is 16.2 Å². The molecule has 100 valence electrons. The Balaban J connectivity index is 1.71. The number of carbonyl (C=O) groups excluding carboxylic acids is 1. The number of thioether (sulfide) groups is 1. The van der Waals surface area contributed by atoms with Crippen LogP contribution in [0.5, 0.6) is 0 Å². The summed E-state index contributed by atoms with van der Waals surface area (Å²) in [7, 11) is 0. The van der Waals surface area contributed by atoms with Gasteiger partial charge in [-0.25, -0.2) is 4.79 Å². The molecule has 0 unspecified atom stereocenters. The molecule has 2 rings (SSSR count). The molecule has 0 bridgehead atoms. The number of urea groups is 1. The van der Waals surface area contributed by atoms with Crippen LogP contribution in [-0.4, -0.2) is 23.6 Å². The summed E-state index contributed by atoms with van der Waals surface area (Å²) in [6.07, 6.45) is 5.58. The van der Waals surface area contributed by atoms with Crippen molar-refractivity contribution >= 4 is 29.1 Å². The maximum Gasteiger partial charge on any atom is 0.315 e. The van der Waals surface area contributed by atoms with E-state index in [1.165, 1.54) is 16.9 Å². The molecule has 0 aliphatic heterocycles. The van der Waals surface area contributed by atoms with Crippen LogP contribution in [0.2, 0.25) is 0 Å². The Kier molecular flexibility index (Phi) is 4.95. The summed E-state index contributed by atoms with van der Waals surface area (Å²) in [4.78, 5) is 13.0. The Labute approximate surface area is 117 Å². The number of hydrogen-bond donors (Lipinski definition) is 2. The number of aryl methyl sites for hydroxylation is 1. The van der Waals surface area contributed by atoms with Gasteiger partial charge in [0.2, 0.25) is 0 Å². The van der Waals surface area contributed by atoms with E-state index in [4.69, 9.17) is 0 Å². The molecule has 2 atom stereocenters.